The lowest BCUT2D eigenvalue weighted by Gasteiger charge is -2.03. The lowest BCUT2D eigenvalue weighted by Crippen LogP contribution is -2.19. The van der Waals surface area contributed by atoms with Gasteiger partial charge in [0.15, 0.2) is 0 Å². The van der Waals surface area contributed by atoms with E-state index in [0.717, 1.165) is 19.6 Å². The van der Waals surface area contributed by atoms with Crippen molar-refractivity contribution in [2.24, 2.45) is 0 Å². The second-order valence-corrected chi connectivity index (χ2v) is 5.01. The Bertz CT molecular complexity index is 615. The van der Waals surface area contributed by atoms with Crippen LogP contribution in [0.25, 0.3) is 10.1 Å². The summed E-state index contributed by atoms with van der Waals surface area (Å²) in [5.41, 5.74) is 1.37. The van der Waals surface area contributed by atoms with Gasteiger partial charge < -0.3 is 5.32 Å². The fourth-order valence-electron chi connectivity index (χ4n) is 1.94. The quantitative estimate of drug-likeness (QED) is 0.714. The third-order valence-corrected chi connectivity index (χ3v) is 3.88. The zero-order chi connectivity index (χ0) is 12.2. The van der Waals surface area contributed by atoms with Crippen LogP contribution >= 0.6 is 11.3 Å². The van der Waals surface area contributed by atoms with E-state index in [4.69, 9.17) is 0 Å². The van der Waals surface area contributed by atoms with Crippen molar-refractivity contribution in [3.8, 4) is 0 Å². The minimum atomic E-state index is 0.849. The molecule has 18 heavy (non-hydrogen) atoms. The van der Waals surface area contributed by atoms with Crippen LogP contribution in [0.4, 0.5) is 0 Å². The topological polar surface area (TPSA) is 42.7 Å². The van der Waals surface area contributed by atoms with Gasteiger partial charge in [-0.2, -0.15) is 0 Å². The lowest BCUT2D eigenvalue weighted by atomic mass is 10.2. The molecule has 1 aromatic carbocycles. The number of hydrogen-bond acceptors (Lipinski definition) is 4. The molecule has 0 saturated carbocycles. The van der Waals surface area contributed by atoms with Crippen LogP contribution in [0.15, 0.2) is 42.0 Å². The molecule has 0 fully saturated rings. The van der Waals surface area contributed by atoms with E-state index in [0.29, 0.717) is 0 Å². The molecule has 3 aromatic rings. The first-order chi connectivity index (χ1) is 8.93. The van der Waals surface area contributed by atoms with Crippen LogP contribution in [0.2, 0.25) is 0 Å². The number of rotatable bonds is 5. The van der Waals surface area contributed by atoms with Crippen molar-refractivity contribution in [3.63, 3.8) is 0 Å². The Balaban J connectivity index is 1.57. The van der Waals surface area contributed by atoms with Crippen LogP contribution in [0.3, 0.4) is 0 Å². The van der Waals surface area contributed by atoms with Crippen LogP contribution < -0.4 is 5.32 Å². The molecule has 0 bridgehead atoms. The molecule has 0 unspecified atom stereocenters. The van der Waals surface area contributed by atoms with Gasteiger partial charge in [0.2, 0.25) is 0 Å². The summed E-state index contributed by atoms with van der Waals surface area (Å²) in [5, 5.41) is 14.7. The maximum atomic E-state index is 3.93. The molecule has 0 radical (unpaired) electrons. The predicted octanol–water partition coefficient (Wildman–Crippen LogP) is 2.28. The number of nitrogens with zero attached hydrogens (tertiary/aromatic N) is 3. The van der Waals surface area contributed by atoms with Gasteiger partial charge >= 0.3 is 0 Å². The first-order valence-electron chi connectivity index (χ1n) is 5.93. The zero-order valence-corrected chi connectivity index (χ0v) is 10.7. The van der Waals surface area contributed by atoms with Gasteiger partial charge in [-0.3, -0.25) is 4.68 Å². The number of thiophene rings is 1. The minimum Gasteiger partial charge on any atom is -0.311 e. The van der Waals surface area contributed by atoms with Gasteiger partial charge in [-0.1, -0.05) is 23.4 Å². The third-order valence-electron chi connectivity index (χ3n) is 2.87. The van der Waals surface area contributed by atoms with Crippen molar-refractivity contribution in [1.82, 2.24) is 20.3 Å². The second-order valence-electron chi connectivity index (χ2n) is 4.10. The smallest absolute Gasteiger partial charge is 0.0692 e. The summed E-state index contributed by atoms with van der Waals surface area (Å²) < 4.78 is 3.18. The molecule has 2 heterocycles. The fraction of sp³-hybridized carbons (Fsp3) is 0.231. The number of fused-ring (bicyclic) bond motifs is 1. The van der Waals surface area contributed by atoms with Crippen molar-refractivity contribution in [2.45, 2.75) is 13.1 Å². The van der Waals surface area contributed by atoms with Crippen LogP contribution in [0.1, 0.15) is 5.56 Å². The van der Waals surface area contributed by atoms with Gasteiger partial charge in [0, 0.05) is 24.0 Å². The predicted molar refractivity (Wildman–Crippen MR) is 73.6 cm³/mol. The van der Waals surface area contributed by atoms with Gasteiger partial charge in [-0.25, -0.2) is 0 Å². The Morgan fingerprint density at radius 2 is 2.22 bits per heavy atom. The molecule has 0 aliphatic rings. The normalized spacial score (nSPS) is 11.1. The highest BCUT2D eigenvalue weighted by atomic mass is 32.1. The molecular formula is C13H14N4S. The van der Waals surface area contributed by atoms with E-state index in [-0.39, 0.29) is 0 Å². The van der Waals surface area contributed by atoms with Gasteiger partial charge in [-0.15, -0.1) is 16.4 Å². The lowest BCUT2D eigenvalue weighted by molar-refractivity contribution is 0.541. The van der Waals surface area contributed by atoms with Crippen LogP contribution in [-0.2, 0) is 13.1 Å². The first kappa shape index (κ1) is 11.4. The molecule has 0 atom stereocenters. The van der Waals surface area contributed by atoms with E-state index in [1.807, 2.05) is 10.9 Å². The highest BCUT2D eigenvalue weighted by molar-refractivity contribution is 7.17. The molecule has 92 valence electrons. The minimum absolute atomic E-state index is 0.849. The van der Waals surface area contributed by atoms with Crippen LogP contribution in [-0.4, -0.2) is 21.5 Å². The van der Waals surface area contributed by atoms with Gasteiger partial charge in [-0.05, 0) is 22.4 Å². The molecule has 0 aliphatic heterocycles. The maximum Gasteiger partial charge on any atom is 0.0692 e. The fourth-order valence-corrected chi connectivity index (χ4v) is 2.90. The van der Waals surface area contributed by atoms with Crippen molar-refractivity contribution < 1.29 is 0 Å². The highest BCUT2D eigenvalue weighted by Gasteiger charge is 2.02. The van der Waals surface area contributed by atoms with Crippen LogP contribution in [0.5, 0.6) is 0 Å². The van der Waals surface area contributed by atoms with Gasteiger partial charge in [0.1, 0.15) is 0 Å². The number of aromatic nitrogens is 3. The second kappa shape index (κ2) is 5.29. The van der Waals surface area contributed by atoms with E-state index in [1.165, 1.54) is 15.6 Å². The summed E-state index contributed by atoms with van der Waals surface area (Å²) in [5.74, 6) is 0. The molecule has 2 aromatic heterocycles. The molecule has 5 heteroatoms. The van der Waals surface area contributed by atoms with E-state index in [1.54, 1.807) is 17.5 Å². The number of benzene rings is 1. The monoisotopic (exact) mass is 258 g/mol. The molecule has 0 spiro atoms. The molecule has 0 saturated heterocycles. The molecule has 3 rings (SSSR count). The van der Waals surface area contributed by atoms with Crippen molar-refractivity contribution in [2.75, 3.05) is 6.54 Å². The average Bonchev–Trinajstić information content (AvgIpc) is 3.04. The Kier molecular flexibility index (Phi) is 3.34. The summed E-state index contributed by atoms with van der Waals surface area (Å²) in [7, 11) is 0. The zero-order valence-electron chi connectivity index (χ0n) is 9.91. The highest BCUT2D eigenvalue weighted by Crippen LogP contribution is 2.25. The molecule has 1 N–H and O–H groups in total. The summed E-state index contributed by atoms with van der Waals surface area (Å²) in [6.07, 6.45) is 3.58. The summed E-state index contributed by atoms with van der Waals surface area (Å²) >= 11 is 1.80. The standard InChI is InChI=1S/C13H14N4S/c1-2-4-13-12(3-1)11(10-18-13)9-14-5-7-17-8-6-15-16-17/h1-4,6,8,10,14H,5,7,9H2. The number of hydrogen-bond donors (Lipinski definition) is 1. The maximum absolute atomic E-state index is 3.93. The molecule has 0 aliphatic carbocycles. The van der Waals surface area contributed by atoms with Crippen LogP contribution in [0, 0.1) is 0 Å². The van der Waals surface area contributed by atoms with Crippen molar-refractivity contribution in [3.05, 3.63) is 47.6 Å². The van der Waals surface area contributed by atoms with Gasteiger partial charge in [0.25, 0.3) is 0 Å². The molecule has 0 amide bonds. The van der Waals surface area contributed by atoms with E-state index in [9.17, 15) is 0 Å². The summed E-state index contributed by atoms with van der Waals surface area (Å²) in [6, 6.07) is 8.52. The third kappa shape index (κ3) is 2.42. The molecular weight excluding hydrogens is 244 g/mol. The first-order valence-corrected chi connectivity index (χ1v) is 6.81. The Labute approximate surface area is 109 Å². The van der Waals surface area contributed by atoms with Crippen molar-refractivity contribution >= 4 is 21.4 Å². The average molecular weight is 258 g/mol. The van der Waals surface area contributed by atoms with E-state index >= 15 is 0 Å². The Morgan fingerprint density at radius 3 is 3.11 bits per heavy atom. The largest absolute Gasteiger partial charge is 0.311 e. The van der Waals surface area contributed by atoms with Crippen molar-refractivity contribution in [1.29, 1.82) is 0 Å². The molecule has 4 nitrogen and oxygen atoms in total. The SMILES string of the molecule is c1ccc2c(CNCCn3ccnn3)csc2c1. The van der Waals surface area contributed by atoms with Gasteiger partial charge in [0.05, 0.1) is 12.7 Å². The van der Waals surface area contributed by atoms with E-state index in [2.05, 4.69) is 45.3 Å². The Morgan fingerprint density at radius 1 is 1.28 bits per heavy atom. The number of nitrogens with one attached hydrogen (secondary N) is 1. The Hall–Kier alpha value is -1.72. The van der Waals surface area contributed by atoms with E-state index < -0.39 is 0 Å². The summed E-state index contributed by atoms with van der Waals surface area (Å²) in [6.45, 7) is 2.65. The summed E-state index contributed by atoms with van der Waals surface area (Å²) in [4.78, 5) is 0.